The minimum absolute atomic E-state index is 0.145. The van der Waals surface area contributed by atoms with Gasteiger partial charge in [-0.3, -0.25) is 0 Å². The molecule has 31 heavy (non-hydrogen) atoms. The number of carbonyl (C=O) groups is 2. The van der Waals surface area contributed by atoms with Gasteiger partial charge in [-0.25, -0.2) is 9.59 Å². The summed E-state index contributed by atoms with van der Waals surface area (Å²) in [6.07, 6.45) is 5.55. The molecule has 0 fully saturated rings. The molecule has 2 N–H and O–H groups in total. The summed E-state index contributed by atoms with van der Waals surface area (Å²) >= 11 is 0. The van der Waals surface area contributed by atoms with Crippen molar-refractivity contribution in [3.8, 4) is 11.5 Å². The van der Waals surface area contributed by atoms with E-state index >= 15 is 0 Å². The molecule has 170 valence electrons. The molecule has 0 aliphatic heterocycles. The lowest BCUT2D eigenvalue weighted by molar-refractivity contribution is 0.0492. The minimum Gasteiger partial charge on any atom is -0.508 e. The first-order valence-corrected chi connectivity index (χ1v) is 10.9. The van der Waals surface area contributed by atoms with Gasteiger partial charge in [-0.1, -0.05) is 33.6 Å². The van der Waals surface area contributed by atoms with Crippen LogP contribution >= 0.6 is 0 Å². The molecule has 2 aromatic carbocycles. The summed E-state index contributed by atoms with van der Waals surface area (Å²) in [5, 5.41) is 18.4. The third kappa shape index (κ3) is 10.0. The Morgan fingerprint density at radius 3 is 1.97 bits per heavy atom. The molecule has 0 saturated heterocycles. The second kappa shape index (κ2) is 14.9. The first-order valence-electron chi connectivity index (χ1n) is 10.9. The molecule has 0 aromatic heterocycles. The van der Waals surface area contributed by atoms with Gasteiger partial charge >= 0.3 is 11.9 Å². The highest BCUT2D eigenvalue weighted by Gasteiger charge is 2.13. The Morgan fingerprint density at radius 2 is 1.35 bits per heavy atom. The fourth-order valence-electron chi connectivity index (χ4n) is 2.62. The molecular weight excluding hydrogens is 396 g/mol. The first-order chi connectivity index (χ1) is 14.9. The van der Waals surface area contributed by atoms with E-state index in [-0.39, 0.29) is 23.4 Å². The molecule has 0 radical (unpaired) electrons. The Morgan fingerprint density at radius 1 is 0.742 bits per heavy atom. The number of ether oxygens (including phenoxy) is 2. The maximum atomic E-state index is 11.9. The molecule has 0 amide bonds. The number of aryl methyl sites for hydroxylation is 1. The van der Waals surface area contributed by atoms with Crippen molar-refractivity contribution in [2.24, 2.45) is 0 Å². The molecule has 2 aromatic rings. The van der Waals surface area contributed by atoms with Gasteiger partial charge in [0.25, 0.3) is 0 Å². The lowest BCUT2D eigenvalue weighted by Crippen LogP contribution is -2.09. The lowest BCUT2D eigenvalue weighted by atomic mass is 10.0. The summed E-state index contributed by atoms with van der Waals surface area (Å²) in [4.78, 5) is 23.1. The van der Waals surface area contributed by atoms with Crippen molar-refractivity contribution in [2.45, 2.75) is 59.3 Å². The van der Waals surface area contributed by atoms with Crippen LogP contribution in [0.2, 0.25) is 0 Å². The standard InChI is InChI=1S/C15H22O3.C10H12O3/c1-3-5-7-12-11-13(16)8-9-14(12)15(17)18-10-6-4-2;1-2-7-13-10(12)8-3-5-9(11)6-4-8/h8-9,11,16H,3-7,10H2,1-2H3;3-6,11H,2,7H2,1H3. The fraction of sp³-hybridized carbons (Fsp3) is 0.440. The molecule has 0 heterocycles. The smallest absolute Gasteiger partial charge is 0.338 e. The van der Waals surface area contributed by atoms with Crippen LogP contribution in [-0.4, -0.2) is 35.4 Å². The summed E-state index contributed by atoms with van der Waals surface area (Å²) in [7, 11) is 0. The number of phenols is 2. The zero-order chi connectivity index (χ0) is 23.1. The van der Waals surface area contributed by atoms with Crippen LogP contribution in [0.1, 0.15) is 79.2 Å². The van der Waals surface area contributed by atoms with E-state index in [1.807, 2.05) is 6.92 Å². The van der Waals surface area contributed by atoms with Gasteiger partial charge in [0, 0.05) is 0 Å². The predicted octanol–water partition coefficient (Wildman–Crippen LogP) is 5.65. The normalized spacial score (nSPS) is 10.0. The van der Waals surface area contributed by atoms with E-state index in [4.69, 9.17) is 14.6 Å². The van der Waals surface area contributed by atoms with E-state index in [1.165, 1.54) is 30.3 Å². The molecule has 0 atom stereocenters. The van der Waals surface area contributed by atoms with E-state index in [9.17, 15) is 14.7 Å². The highest BCUT2D eigenvalue weighted by atomic mass is 16.5. The summed E-state index contributed by atoms with van der Waals surface area (Å²) in [5.41, 5.74) is 1.92. The topological polar surface area (TPSA) is 93.1 Å². The van der Waals surface area contributed by atoms with Gasteiger partial charge in [0.1, 0.15) is 11.5 Å². The third-order valence-corrected chi connectivity index (χ3v) is 4.38. The monoisotopic (exact) mass is 430 g/mol. The molecule has 6 heteroatoms. The first kappa shape index (κ1) is 26.0. The highest BCUT2D eigenvalue weighted by molar-refractivity contribution is 5.91. The van der Waals surface area contributed by atoms with Gasteiger partial charge in [0.15, 0.2) is 0 Å². The Labute approximate surface area is 184 Å². The molecule has 0 aliphatic rings. The van der Waals surface area contributed by atoms with Crippen LogP contribution < -0.4 is 0 Å². The third-order valence-electron chi connectivity index (χ3n) is 4.38. The summed E-state index contributed by atoms with van der Waals surface area (Å²) in [6, 6.07) is 10.8. The van der Waals surface area contributed by atoms with Crippen molar-refractivity contribution in [1.82, 2.24) is 0 Å². The molecular formula is C25H34O6. The SMILES string of the molecule is CCCCOC(=O)c1ccc(O)cc1CCCC.CCCOC(=O)c1ccc(O)cc1. The van der Waals surface area contributed by atoms with Crippen LogP contribution in [0.15, 0.2) is 42.5 Å². The van der Waals surface area contributed by atoms with Crippen molar-refractivity contribution in [3.63, 3.8) is 0 Å². The van der Waals surface area contributed by atoms with Crippen molar-refractivity contribution < 1.29 is 29.3 Å². The summed E-state index contributed by atoms with van der Waals surface area (Å²) in [5.74, 6) is -0.283. The number of rotatable bonds is 10. The van der Waals surface area contributed by atoms with E-state index in [2.05, 4.69) is 13.8 Å². The second-order valence-corrected chi connectivity index (χ2v) is 7.12. The van der Waals surface area contributed by atoms with Crippen LogP contribution in [0.4, 0.5) is 0 Å². The summed E-state index contributed by atoms with van der Waals surface area (Å²) < 4.78 is 10.1. The van der Waals surface area contributed by atoms with Crippen LogP contribution in [-0.2, 0) is 15.9 Å². The van der Waals surface area contributed by atoms with Crippen molar-refractivity contribution in [2.75, 3.05) is 13.2 Å². The Kier molecular flexibility index (Phi) is 12.5. The van der Waals surface area contributed by atoms with Crippen molar-refractivity contribution in [3.05, 3.63) is 59.2 Å². The van der Waals surface area contributed by atoms with Gasteiger partial charge in [-0.15, -0.1) is 0 Å². The number of benzene rings is 2. The van der Waals surface area contributed by atoms with Gasteiger partial charge in [-0.2, -0.15) is 0 Å². The Bertz CT molecular complexity index is 798. The van der Waals surface area contributed by atoms with Gasteiger partial charge < -0.3 is 19.7 Å². The van der Waals surface area contributed by atoms with Crippen LogP contribution in [0.5, 0.6) is 11.5 Å². The largest absolute Gasteiger partial charge is 0.508 e. The molecule has 2 rings (SSSR count). The van der Waals surface area contributed by atoms with E-state index < -0.39 is 0 Å². The highest BCUT2D eigenvalue weighted by Crippen LogP contribution is 2.20. The number of hydrogen-bond acceptors (Lipinski definition) is 6. The van der Waals surface area contributed by atoms with Crippen molar-refractivity contribution in [1.29, 1.82) is 0 Å². The average Bonchev–Trinajstić information content (AvgIpc) is 2.77. The van der Waals surface area contributed by atoms with E-state index in [0.717, 1.165) is 44.1 Å². The second-order valence-electron chi connectivity index (χ2n) is 7.12. The van der Waals surface area contributed by atoms with E-state index in [1.54, 1.807) is 12.1 Å². The number of esters is 2. The number of phenolic OH excluding ortho intramolecular Hbond substituents is 2. The van der Waals surface area contributed by atoms with Crippen LogP contribution in [0, 0.1) is 0 Å². The van der Waals surface area contributed by atoms with Gasteiger partial charge in [-0.05, 0) is 73.7 Å². The Balaban J connectivity index is 0.000000327. The average molecular weight is 431 g/mol. The number of aromatic hydroxyl groups is 2. The van der Waals surface area contributed by atoms with Gasteiger partial charge in [0.2, 0.25) is 0 Å². The number of unbranched alkanes of at least 4 members (excludes halogenated alkanes) is 2. The minimum atomic E-state index is -0.346. The maximum Gasteiger partial charge on any atom is 0.338 e. The zero-order valence-corrected chi connectivity index (χ0v) is 18.7. The van der Waals surface area contributed by atoms with Crippen molar-refractivity contribution >= 4 is 11.9 Å². The number of carbonyl (C=O) groups excluding carboxylic acids is 2. The Hall–Kier alpha value is -3.02. The quantitative estimate of drug-likeness (QED) is 0.374. The van der Waals surface area contributed by atoms with E-state index in [0.29, 0.717) is 24.3 Å². The summed E-state index contributed by atoms with van der Waals surface area (Å²) in [6.45, 7) is 6.98. The molecule has 0 unspecified atom stereocenters. The molecule has 0 bridgehead atoms. The van der Waals surface area contributed by atoms with Crippen LogP contribution in [0.25, 0.3) is 0 Å². The van der Waals surface area contributed by atoms with Gasteiger partial charge in [0.05, 0.1) is 24.3 Å². The molecule has 0 spiro atoms. The predicted molar refractivity (Wildman–Crippen MR) is 121 cm³/mol. The maximum absolute atomic E-state index is 11.9. The zero-order valence-electron chi connectivity index (χ0n) is 18.7. The molecule has 0 saturated carbocycles. The van der Waals surface area contributed by atoms with Crippen LogP contribution in [0.3, 0.4) is 0 Å². The fourth-order valence-corrected chi connectivity index (χ4v) is 2.62. The lowest BCUT2D eigenvalue weighted by Gasteiger charge is -2.09. The molecule has 6 nitrogen and oxygen atoms in total. The number of hydrogen-bond donors (Lipinski definition) is 2. The molecule has 0 aliphatic carbocycles.